The van der Waals surface area contributed by atoms with Crippen molar-refractivity contribution in [1.82, 2.24) is 5.32 Å². The topological polar surface area (TPSA) is 138 Å². The summed E-state index contributed by atoms with van der Waals surface area (Å²) in [6, 6.07) is 0. The van der Waals surface area contributed by atoms with E-state index >= 15 is 0 Å². The highest BCUT2D eigenvalue weighted by Gasteiger charge is 2.30. The van der Waals surface area contributed by atoms with Gasteiger partial charge in [0.15, 0.2) is 0 Å². The monoisotopic (exact) mass is 267 g/mol. The minimum Gasteiger partial charge on any atom is -0.450 e. The second kappa shape index (κ2) is 6.18. The fourth-order valence-electron chi connectivity index (χ4n) is 1.20. The highest BCUT2D eigenvalue weighted by atomic mass is 32.2. The van der Waals surface area contributed by atoms with Gasteiger partial charge in [0.1, 0.15) is 9.84 Å². The molecule has 1 aliphatic rings. The van der Waals surface area contributed by atoms with Crippen LogP contribution in [0.4, 0.5) is 4.79 Å². The summed E-state index contributed by atoms with van der Waals surface area (Å²) in [4.78, 5) is 30.2. The summed E-state index contributed by atoms with van der Waals surface area (Å²) in [6.45, 7) is 0. The Hall–Kier alpha value is -1.64. The first kappa shape index (κ1) is 15.4. The first-order valence-electron chi connectivity index (χ1n) is 4.55. The van der Waals surface area contributed by atoms with E-state index in [1.54, 1.807) is 0 Å². The van der Waals surface area contributed by atoms with Crippen LogP contribution in [0.15, 0.2) is 0 Å². The lowest BCUT2D eigenvalue weighted by Crippen LogP contribution is -2.23. The van der Waals surface area contributed by atoms with Crippen LogP contribution in [-0.4, -0.2) is 48.6 Å². The molecule has 1 heterocycles. The Morgan fingerprint density at radius 1 is 1.41 bits per heavy atom. The molecule has 1 fully saturated rings. The Morgan fingerprint density at radius 3 is 2.18 bits per heavy atom. The zero-order valence-corrected chi connectivity index (χ0v) is 9.86. The fraction of sp³-hybridized carbons (Fsp3) is 0.625. The van der Waals surface area contributed by atoms with Crippen LogP contribution in [0.1, 0.15) is 12.8 Å². The molecule has 98 valence electrons. The van der Waals surface area contributed by atoms with Crippen molar-refractivity contribution in [3.63, 3.8) is 0 Å². The van der Waals surface area contributed by atoms with Crippen LogP contribution in [0, 0.1) is 5.92 Å². The summed E-state index contributed by atoms with van der Waals surface area (Å²) in [5.41, 5.74) is 0. The minimum atomic E-state index is -3.04. The quantitative estimate of drug-likeness (QED) is 0.575. The standard InChI is InChI=1S/C7H11NO4S.CH2O3/c1-13(11,12)3-2-5-4-6(9)8-7(5)10;2-1(3)4/h5H,2-4H2,1H3,(H,8,9,10);(H2,2,3,4). The summed E-state index contributed by atoms with van der Waals surface area (Å²) in [7, 11) is -3.04. The van der Waals surface area contributed by atoms with Crippen molar-refractivity contribution in [2.75, 3.05) is 12.0 Å². The zero-order chi connectivity index (χ0) is 13.6. The molecule has 1 atom stereocenters. The van der Waals surface area contributed by atoms with Crippen LogP contribution < -0.4 is 5.32 Å². The van der Waals surface area contributed by atoms with Crippen LogP contribution >= 0.6 is 0 Å². The number of carbonyl (C=O) groups is 3. The van der Waals surface area contributed by atoms with Crippen molar-refractivity contribution in [2.24, 2.45) is 5.92 Å². The number of hydrogen-bond acceptors (Lipinski definition) is 5. The Morgan fingerprint density at radius 2 is 1.88 bits per heavy atom. The molecule has 0 aliphatic carbocycles. The predicted molar refractivity (Wildman–Crippen MR) is 56.2 cm³/mol. The largest absolute Gasteiger partial charge is 0.503 e. The van der Waals surface area contributed by atoms with Gasteiger partial charge in [0.05, 0.1) is 5.75 Å². The molecule has 3 N–H and O–H groups in total. The number of carboxylic acid groups (broad SMARTS) is 2. The Bertz CT molecular complexity index is 410. The molecule has 1 aliphatic heterocycles. The lowest BCUT2D eigenvalue weighted by molar-refractivity contribution is -0.125. The van der Waals surface area contributed by atoms with E-state index in [0.717, 1.165) is 6.26 Å². The molecule has 1 rings (SSSR count). The van der Waals surface area contributed by atoms with E-state index in [0.29, 0.717) is 0 Å². The molecule has 0 aromatic carbocycles. The maximum absolute atomic E-state index is 11.0. The summed E-state index contributed by atoms with van der Waals surface area (Å²) < 4.78 is 21.5. The molecule has 2 amide bonds. The molecular weight excluding hydrogens is 254 g/mol. The third-order valence-electron chi connectivity index (χ3n) is 1.90. The Labute approximate surface area is 97.5 Å². The Kier molecular flexibility index (Phi) is 5.59. The van der Waals surface area contributed by atoms with Gasteiger partial charge in [-0.15, -0.1) is 0 Å². The van der Waals surface area contributed by atoms with E-state index in [2.05, 4.69) is 5.32 Å². The van der Waals surface area contributed by atoms with E-state index in [4.69, 9.17) is 15.0 Å². The number of hydrogen-bond donors (Lipinski definition) is 3. The third-order valence-corrected chi connectivity index (χ3v) is 2.88. The van der Waals surface area contributed by atoms with Crippen molar-refractivity contribution in [3.8, 4) is 0 Å². The van der Waals surface area contributed by atoms with Crippen molar-refractivity contribution >= 4 is 27.8 Å². The minimum absolute atomic E-state index is 0.0433. The van der Waals surface area contributed by atoms with E-state index < -0.39 is 21.9 Å². The average molecular weight is 267 g/mol. The van der Waals surface area contributed by atoms with Crippen LogP contribution in [0.5, 0.6) is 0 Å². The van der Waals surface area contributed by atoms with Crippen LogP contribution in [0.3, 0.4) is 0 Å². The molecule has 0 aromatic rings. The van der Waals surface area contributed by atoms with Gasteiger partial charge in [-0.25, -0.2) is 13.2 Å². The van der Waals surface area contributed by atoms with Crippen molar-refractivity contribution in [2.45, 2.75) is 12.8 Å². The van der Waals surface area contributed by atoms with Gasteiger partial charge in [-0.2, -0.15) is 0 Å². The predicted octanol–water partition coefficient (Wildman–Crippen LogP) is -0.694. The summed E-state index contributed by atoms with van der Waals surface area (Å²) in [6.07, 6.45) is -0.369. The molecule has 0 spiro atoms. The number of amides is 2. The van der Waals surface area contributed by atoms with Crippen LogP contribution in [0.25, 0.3) is 0 Å². The molecule has 0 saturated carbocycles. The number of rotatable bonds is 3. The van der Waals surface area contributed by atoms with E-state index in [9.17, 15) is 18.0 Å². The highest BCUT2D eigenvalue weighted by molar-refractivity contribution is 7.90. The van der Waals surface area contributed by atoms with E-state index in [1.807, 2.05) is 0 Å². The van der Waals surface area contributed by atoms with Gasteiger partial charge in [0.2, 0.25) is 11.8 Å². The van der Waals surface area contributed by atoms with Crippen LogP contribution in [0.2, 0.25) is 0 Å². The number of sulfone groups is 1. The normalized spacial score (nSPS) is 19.2. The first-order valence-corrected chi connectivity index (χ1v) is 6.61. The van der Waals surface area contributed by atoms with E-state index in [-0.39, 0.29) is 30.4 Å². The summed E-state index contributed by atoms with van der Waals surface area (Å²) in [5.74, 6) is -1.17. The van der Waals surface area contributed by atoms with Gasteiger partial charge in [-0.3, -0.25) is 14.9 Å². The second-order valence-corrected chi connectivity index (χ2v) is 5.77. The van der Waals surface area contributed by atoms with Gasteiger partial charge in [0, 0.05) is 18.6 Å². The molecule has 0 radical (unpaired) electrons. The lowest BCUT2D eigenvalue weighted by atomic mass is 10.1. The van der Waals surface area contributed by atoms with Gasteiger partial charge in [-0.1, -0.05) is 0 Å². The smallest absolute Gasteiger partial charge is 0.450 e. The maximum atomic E-state index is 11.0. The van der Waals surface area contributed by atoms with Crippen molar-refractivity contribution in [1.29, 1.82) is 0 Å². The average Bonchev–Trinajstić information content (AvgIpc) is 2.39. The van der Waals surface area contributed by atoms with Gasteiger partial charge in [-0.05, 0) is 6.42 Å². The molecule has 1 unspecified atom stereocenters. The molecule has 1 saturated heterocycles. The Balaban J connectivity index is 0.000000557. The second-order valence-electron chi connectivity index (χ2n) is 3.51. The number of nitrogens with one attached hydrogen (secondary N) is 1. The van der Waals surface area contributed by atoms with Crippen molar-refractivity contribution < 1.29 is 33.0 Å². The van der Waals surface area contributed by atoms with Gasteiger partial charge in [0.25, 0.3) is 0 Å². The number of carbonyl (C=O) groups excluding carboxylic acids is 2. The molecule has 9 heteroatoms. The first-order chi connectivity index (χ1) is 7.61. The van der Waals surface area contributed by atoms with Gasteiger partial charge >= 0.3 is 6.16 Å². The summed E-state index contributed by atoms with van der Waals surface area (Å²) in [5, 5.41) is 16.1. The third kappa shape index (κ3) is 8.20. The fourth-order valence-corrected chi connectivity index (χ4v) is 1.91. The van der Waals surface area contributed by atoms with Gasteiger partial charge < -0.3 is 10.2 Å². The van der Waals surface area contributed by atoms with Crippen LogP contribution in [-0.2, 0) is 19.4 Å². The molecular formula is C8H13NO7S. The highest BCUT2D eigenvalue weighted by Crippen LogP contribution is 2.15. The van der Waals surface area contributed by atoms with E-state index in [1.165, 1.54) is 0 Å². The molecule has 8 nitrogen and oxygen atoms in total. The molecule has 17 heavy (non-hydrogen) atoms. The molecule has 0 aromatic heterocycles. The lowest BCUT2D eigenvalue weighted by Gasteiger charge is -2.02. The number of imide groups is 1. The molecule has 0 bridgehead atoms. The van der Waals surface area contributed by atoms with Crippen molar-refractivity contribution in [3.05, 3.63) is 0 Å². The SMILES string of the molecule is CS(=O)(=O)CCC1CC(=O)NC1=O.O=C(O)O. The summed E-state index contributed by atoms with van der Waals surface area (Å²) >= 11 is 0. The maximum Gasteiger partial charge on any atom is 0.503 e. The zero-order valence-electron chi connectivity index (χ0n) is 9.04.